The first-order chi connectivity index (χ1) is 8.15. The van der Waals surface area contributed by atoms with Gasteiger partial charge in [-0.05, 0) is 42.8 Å². The molecule has 0 saturated heterocycles. The van der Waals surface area contributed by atoms with Crippen LogP contribution < -0.4 is 0 Å². The quantitative estimate of drug-likeness (QED) is 0.748. The summed E-state index contributed by atoms with van der Waals surface area (Å²) in [4.78, 5) is 14.1. The second-order valence-electron chi connectivity index (χ2n) is 6.11. The van der Waals surface area contributed by atoms with Crippen LogP contribution >= 0.6 is 12.6 Å². The SMILES string of the molecule is CN(CC1CCCCC1)C(=O)CC1(CS)CC1. The molecule has 0 atom stereocenters. The van der Waals surface area contributed by atoms with Crippen molar-refractivity contribution in [3.05, 3.63) is 0 Å². The van der Waals surface area contributed by atoms with E-state index in [0.29, 0.717) is 5.91 Å². The van der Waals surface area contributed by atoms with Gasteiger partial charge in [0.1, 0.15) is 0 Å². The molecule has 2 fully saturated rings. The van der Waals surface area contributed by atoms with Crippen LogP contribution in [0.15, 0.2) is 0 Å². The predicted octanol–water partition coefficient (Wildman–Crippen LogP) is 3.13. The van der Waals surface area contributed by atoms with Gasteiger partial charge in [0, 0.05) is 20.0 Å². The van der Waals surface area contributed by atoms with Gasteiger partial charge in [-0.25, -0.2) is 0 Å². The van der Waals surface area contributed by atoms with Gasteiger partial charge in [0.25, 0.3) is 0 Å². The molecule has 0 heterocycles. The molecule has 1 amide bonds. The standard InChI is InChI=1S/C14H25NOS/c1-15(10-12-5-3-2-4-6-12)13(16)9-14(11-17)7-8-14/h12,17H,2-11H2,1H3. The summed E-state index contributed by atoms with van der Waals surface area (Å²) in [5.74, 6) is 1.96. The Morgan fingerprint density at radius 3 is 2.47 bits per heavy atom. The Labute approximate surface area is 111 Å². The van der Waals surface area contributed by atoms with Crippen molar-refractivity contribution in [1.82, 2.24) is 4.90 Å². The average molecular weight is 255 g/mol. The minimum Gasteiger partial charge on any atom is -0.345 e. The van der Waals surface area contributed by atoms with E-state index in [9.17, 15) is 4.79 Å². The maximum Gasteiger partial charge on any atom is 0.222 e. The van der Waals surface area contributed by atoms with Crippen LogP contribution in [0.4, 0.5) is 0 Å². The average Bonchev–Trinajstić information content (AvgIpc) is 3.11. The van der Waals surface area contributed by atoms with E-state index >= 15 is 0 Å². The van der Waals surface area contributed by atoms with Crippen LogP contribution in [0.1, 0.15) is 51.4 Å². The number of thiol groups is 1. The van der Waals surface area contributed by atoms with Crippen molar-refractivity contribution in [3.63, 3.8) is 0 Å². The van der Waals surface area contributed by atoms with Crippen LogP contribution in [-0.2, 0) is 4.79 Å². The lowest BCUT2D eigenvalue weighted by Crippen LogP contribution is -2.34. The van der Waals surface area contributed by atoms with Gasteiger partial charge in [0.2, 0.25) is 5.91 Å². The highest BCUT2D eigenvalue weighted by atomic mass is 32.1. The molecule has 2 rings (SSSR count). The van der Waals surface area contributed by atoms with Crippen LogP contribution in [-0.4, -0.2) is 30.2 Å². The number of carbonyl (C=O) groups excluding carboxylic acids is 1. The molecule has 0 N–H and O–H groups in total. The van der Waals surface area contributed by atoms with Gasteiger partial charge in [0.05, 0.1) is 0 Å². The van der Waals surface area contributed by atoms with Gasteiger partial charge in [-0.1, -0.05) is 19.3 Å². The molecule has 2 aliphatic rings. The Kier molecular flexibility index (Phi) is 4.40. The molecule has 2 saturated carbocycles. The molecule has 0 aromatic carbocycles. The topological polar surface area (TPSA) is 20.3 Å². The third kappa shape index (κ3) is 3.64. The molecule has 0 spiro atoms. The molecule has 0 radical (unpaired) electrons. The Hall–Kier alpha value is -0.180. The maximum atomic E-state index is 12.1. The zero-order chi connectivity index (χ0) is 12.3. The lowest BCUT2D eigenvalue weighted by Gasteiger charge is -2.28. The van der Waals surface area contributed by atoms with E-state index in [4.69, 9.17) is 0 Å². The number of nitrogens with zero attached hydrogens (tertiary/aromatic N) is 1. The van der Waals surface area contributed by atoms with Crippen molar-refractivity contribution in [3.8, 4) is 0 Å². The fourth-order valence-electron chi connectivity index (χ4n) is 2.88. The molecule has 98 valence electrons. The lowest BCUT2D eigenvalue weighted by molar-refractivity contribution is -0.131. The second kappa shape index (κ2) is 5.64. The van der Waals surface area contributed by atoms with Crippen LogP contribution in [0, 0.1) is 11.3 Å². The summed E-state index contributed by atoms with van der Waals surface area (Å²) in [7, 11) is 1.98. The zero-order valence-electron chi connectivity index (χ0n) is 11.0. The molecule has 17 heavy (non-hydrogen) atoms. The molecule has 3 heteroatoms. The van der Waals surface area contributed by atoms with E-state index in [1.807, 2.05) is 11.9 Å². The first-order valence-corrected chi connectivity index (χ1v) is 7.63. The Bertz CT molecular complexity index is 269. The van der Waals surface area contributed by atoms with E-state index in [1.165, 1.54) is 44.9 Å². The molecule has 0 unspecified atom stereocenters. The maximum absolute atomic E-state index is 12.1. The molecular weight excluding hydrogens is 230 g/mol. The first kappa shape index (κ1) is 13.3. The van der Waals surface area contributed by atoms with Gasteiger partial charge in [-0.15, -0.1) is 0 Å². The summed E-state index contributed by atoms with van der Waals surface area (Å²) >= 11 is 4.37. The number of hydrogen-bond donors (Lipinski definition) is 1. The third-order valence-corrected chi connectivity index (χ3v) is 5.17. The first-order valence-electron chi connectivity index (χ1n) is 7.00. The van der Waals surface area contributed by atoms with Crippen molar-refractivity contribution in [2.75, 3.05) is 19.3 Å². The fraction of sp³-hybridized carbons (Fsp3) is 0.929. The van der Waals surface area contributed by atoms with E-state index < -0.39 is 0 Å². The summed E-state index contributed by atoms with van der Waals surface area (Å²) in [5, 5.41) is 0. The summed E-state index contributed by atoms with van der Waals surface area (Å²) < 4.78 is 0. The normalized spacial score (nSPS) is 23.4. The van der Waals surface area contributed by atoms with E-state index in [-0.39, 0.29) is 5.41 Å². The summed E-state index contributed by atoms with van der Waals surface area (Å²) in [5.41, 5.74) is 0.265. The van der Waals surface area contributed by atoms with Gasteiger partial charge in [-0.3, -0.25) is 4.79 Å². The van der Waals surface area contributed by atoms with E-state index in [1.54, 1.807) is 0 Å². The van der Waals surface area contributed by atoms with Crippen LogP contribution in [0.2, 0.25) is 0 Å². The smallest absolute Gasteiger partial charge is 0.222 e. The van der Waals surface area contributed by atoms with Gasteiger partial charge >= 0.3 is 0 Å². The molecule has 0 aromatic heterocycles. The molecule has 0 aromatic rings. The van der Waals surface area contributed by atoms with Crippen LogP contribution in [0.3, 0.4) is 0 Å². The van der Waals surface area contributed by atoms with E-state index in [2.05, 4.69) is 12.6 Å². The summed E-state index contributed by atoms with van der Waals surface area (Å²) in [6.45, 7) is 0.974. The number of carbonyl (C=O) groups is 1. The number of hydrogen-bond acceptors (Lipinski definition) is 2. The van der Waals surface area contributed by atoms with Gasteiger partial charge < -0.3 is 4.90 Å². The molecule has 2 aliphatic carbocycles. The lowest BCUT2D eigenvalue weighted by atomic mass is 9.89. The van der Waals surface area contributed by atoms with E-state index in [0.717, 1.165) is 24.6 Å². The minimum atomic E-state index is 0.265. The van der Waals surface area contributed by atoms with Crippen molar-refractivity contribution in [1.29, 1.82) is 0 Å². The van der Waals surface area contributed by atoms with Gasteiger partial charge in [-0.2, -0.15) is 12.6 Å². The summed E-state index contributed by atoms with van der Waals surface area (Å²) in [6.07, 6.45) is 9.83. The van der Waals surface area contributed by atoms with Crippen LogP contribution in [0.5, 0.6) is 0 Å². The Morgan fingerprint density at radius 2 is 1.94 bits per heavy atom. The van der Waals surface area contributed by atoms with Crippen molar-refractivity contribution < 1.29 is 4.79 Å². The number of rotatable bonds is 5. The monoisotopic (exact) mass is 255 g/mol. The third-order valence-electron chi connectivity index (χ3n) is 4.50. The number of amides is 1. The van der Waals surface area contributed by atoms with Crippen LogP contribution in [0.25, 0.3) is 0 Å². The van der Waals surface area contributed by atoms with Crippen molar-refractivity contribution in [2.45, 2.75) is 51.4 Å². The minimum absolute atomic E-state index is 0.265. The molecule has 0 aliphatic heterocycles. The van der Waals surface area contributed by atoms with Crippen molar-refractivity contribution >= 4 is 18.5 Å². The zero-order valence-corrected chi connectivity index (χ0v) is 11.8. The largest absolute Gasteiger partial charge is 0.345 e. The second-order valence-corrected chi connectivity index (χ2v) is 6.43. The molecular formula is C14H25NOS. The fourth-order valence-corrected chi connectivity index (χ4v) is 3.31. The molecule has 2 nitrogen and oxygen atoms in total. The highest BCUT2D eigenvalue weighted by molar-refractivity contribution is 7.80. The summed E-state index contributed by atoms with van der Waals surface area (Å²) in [6, 6.07) is 0. The predicted molar refractivity (Wildman–Crippen MR) is 74.3 cm³/mol. The Morgan fingerprint density at radius 1 is 1.29 bits per heavy atom. The molecule has 0 bridgehead atoms. The highest BCUT2D eigenvalue weighted by Crippen LogP contribution is 2.49. The van der Waals surface area contributed by atoms with Crippen molar-refractivity contribution in [2.24, 2.45) is 11.3 Å². The Balaban J connectivity index is 1.74. The highest BCUT2D eigenvalue weighted by Gasteiger charge is 2.43. The van der Waals surface area contributed by atoms with Gasteiger partial charge in [0.15, 0.2) is 0 Å².